The number of pyridine rings is 1. The number of hydrogen-bond donors (Lipinski definition) is 1. The molecule has 10 rings (SSSR count). The molecule has 0 amide bonds. The van der Waals surface area contributed by atoms with Gasteiger partial charge in [-0.3, -0.25) is 9.55 Å². The molecular formula is C48H30N3O2Pt-. The molecule has 1 N–H and O–H groups in total. The quantitative estimate of drug-likeness (QED) is 0.169. The molecule has 0 saturated carbocycles. The monoisotopic (exact) mass is 875 g/mol. The first-order chi connectivity index (χ1) is 26.2. The summed E-state index contributed by atoms with van der Waals surface area (Å²) >= 11 is 0. The Hall–Kier alpha value is -6.55. The van der Waals surface area contributed by atoms with Gasteiger partial charge in [-0.2, -0.15) is 0 Å². The van der Waals surface area contributed by atoms with Gasteiger partial charge in [0.25, 0.3) is 0 Å². The van der Waals surface area contributed by atoms with E-state index in [2.05, 4.69) is 102 Å². The summed E-state index contributed by atoms with van der Waals surface area (Å²) in [5.74, 6) is 0.803. The maximum atomic E-state index is 11.0. The number of aromatic nitrogens is 3. The van der Waals surface area contributed by atoms with Crippen LogP contribution in [-0.4, -0.2) is 19.6 Å². The van der Waals surface area contributed by atoms with Crippen molar-refractivity contribution >= 4 is 33.0 Å². The van der Waals surface area contributed by atoms with Crippen LogP contribution in [0.4, 0.5) is 0 Å². The van der Waals surface area contributed by atoms with E-state index >= 15 is 0 Å². The molecule has 0 aliphatic carbocycles. The molecule has 3 heterocycles. The zero-order valence-corrected chi connectivity index (χ0v) is 31.0. The maximum Gasteiger partial charge on any atom is 0.148 e. The van der Waals surface area contributed by atoms with Crippen LogP contribution in [0.15, 0.2) is 180 Å². The summed E-state index contributed by atoms with van der Waals surface area (Å²) in [6.45, 7) is 0. The van der Waals surface area contributed by atoms with Crippen molar-refractivity contribution in [2.45, 2.75) is 0 Å². The molecule has 3 aromatic heterocycles. The molecule has 0 unspecified atom stereocenters. The van der Waals surface area contributed by atoms with Gasteiger partial charge in [-0.1, -0.05) is 138 Å². The SMILES string of the molecule is Oc1ccccc1-c1nc2c(-c3[c-]c(-c4cc(-c5ccc(-c6ccccc6)cc5)ccn4)cc4c3oc3ccccc34)cccc2n1-c1ccccc1.[Pt]. The first kappa shape index (κ1) is 33.3. The molecule has 260 valence electrons. The van der Waals surface area contributed by atoms with E-state index in [1.165, 1.54) is 11.1 Å². The zero-order chi connectivity index (χ0) is 35.3. The fraction of sp³-hybridized carbons (Fsp3) is 0. The van der Waals surface area contributed by atoms with E-state index in [0.29, 0.717) is 11.4 Å². The minimum absolute atomic E-state index is 0. The standard InChI is InChI=1S/C48H30N3O2.Pt/c52-44-20-9-7-17-39(44)48-50-46-38(18-11-19-43(46)51(48)36-14-5-2-6-15-36)41-29-35(28-40-37-16-8-10-21-45(37)53-47(40)41)42-30-34(26-27-49-42)33-24-22-32(23-25-33)31-12-3-1-4-13-31;/h1-28,30,52H;/q-1;. The fourth-order valence-corrected chi connectivity index (χ4v) is 7.32. The number of benzene rings is 7. The smallest absolute Gasteiger partial charge is 0.148 e. The van der Waals surface area contributed by atoms with Gasteiger partial charge >= 0.3 is 0 Å². The van der Waals surface area contributed by atoms with E-state index in [0.717, 1.165) is 72.2 Å². The number of fused-ring (bicyclic) bond motifs is 4. The normalized spacial score (nSPS) is 11.3. The molecule has 0 saturated heterocycles. The van der Waals surface area contributed by atoms with Crippen molar-refractivity contribution in [1.82, 2.24) is 14.5 Å². The average molecular weight is 876 g/mol. The second-order valence-electron chi connectivity index (χ2n) is 13.1. The first-order valence-electron chi connectivity index (χ1n) is 17.5. The number of imidazole rings is 1. The summed E-state index contributed by atoms with van der Waals surface area (Å²) in [6, 6.07) is 60.8. The first-order valence-corrected chi connectivity index (χ1v) is 17.5. The minimum atomic E-state index is 0. The van der Waals surface area contributed by atoms with Gasteiger partial charge < -0.3 is 9.52 Å². The molecule has 0 spiro atoms. The van der Waals surface area contributed by atoms with Crippen molar-refractivity contribution < 1.29 is 30.6 Å². The van der Waals surface area contributed by atoms with Crippen molar-refractivity contribution in [2.24, 2.45) is 0 Å². The van der Waals surface area contributed by atoms with Crippen LogP contribution in [0, 0.1) is 6.07 Å². The van der Waals surface area contributed by atoms with E-state index < -0.39 is 0 Å². The number of phenols is 1. The molecular weight excluding hydrogens is 846 g/mol. The van der Waals surface area contributed by atoms with E-state index in [1.807, 2.05) is 79.0 Å². The summed E-state index contributed by atoms with van der Waals surface area (Å²) < 4.78 is 8.72. The third kappa shape index (κ3) is 5.71. The summed E-state index contributed by atoms with van der Waals surface area (Å²) in [5, 5.41) is 13.0. The predicted molar refractivity (Wildman–Crippen MR) is 214 cm³/mol. The molecule has 0 atom stereocenters. The van der Waals surface area contributed by atoms with Gasteiger partial charge in [-0.25, -0.2) is 4.98 Å². The van der Waals surface area contributed by atoms with Crippen LogP contribution in [0.3, 0.4) is 0 Å². The largest absolute Gasteiger partial charge is 0.507 e. The van der Waals surface area contributed by atoms with Crippen molar-refractivity contribution in [3.8, 4) is 67.5 Å². The van der Waals surface area contributed by atoms with Crippen LogP contribution in [0.1, 0.15) is 0 Å². The van der Waals surface area contributed by atoms with E-state index in [1.54, 1.807) is 6.07 Å². The van der Waals surface area contributed by atoms with E-state index in [-0.39, 0.29) is 26.8 Å². The molecule has 54 heavy (non-hydrogen) atoms. The molecule has 6 heteroatoms. The van der Waals surface area contributed by atoms with Crippen LogP contribution >= 0.6 is 0 Å². The Balaban J connectivity index is 0.00000384. The minimum Gasteiger partial charge on any atom is -0.507 e. The summed E-state index contributed by atoms with van der Waals surface area (Å²) in [5.41, 5.74) is 12.6. The van der Waals surface area contributed by atoms with Crippen LogP contribution in [0.25, 0.3) is 94.7 Å². The van der Waals surface area contributed by atoms with Gasteiger partial charge in [0.1, 0.15) is 17.2 Å². The Labute approximate surface area is 326 Å². The van der Waals surface area contributed by atoms with Crippen LogP contribution in [0.2, 0.25) is 0 Å². The number of phenolic OH excluding ortho intramolecular Hbond substituents is 1. The Morgan fingerprint density at radius 3 is 2.04 bits per heavy atom. The topological polar surface area (TPSA) is 64.1 Å². The number of hydrogen-bond acceptors (Lipinski definition) is 4. The van der Waals surface area contributed by atoms with E-state index in [9.17, 15) is 5.11 Å². The number of furan rings is 1. The molecule has 5 nitrogen and oxygen atoms in total. The van der Waals surface area contributed by atoms with Gasteiger partial charge in [0.15, 0.2) is 0 Å². The van der Waals surface area contributed by atoms with Gasteiger partial charge in [0, 0.05) is 44.0 Å². The fourth-order valence-electron chi connectivity index (χ4n) is 7.32. The molecule has 0 aliphatic heterocycles. The molecule has 0 bridgehead atoms. The van der Waals surface area contributed by atoms with Crippen LogP contribution in [0.5, 0.6) is 5.75 Å². The Morgan fingerprint density at radius 1 is 0.574 bits per heavy atom. The van der Waals surface area contributed by atoms with Gasteiger partial charge in [0.05, 0.1) is 22.2 Å². The van der Waals surface area contributed by atoms with Gasteiger partial charge in [-0.05, 0) is 70.1 Å². The van der Waals surface area contributed by atoms with Crippen molar-refractivity contribution in [3.63, 3.8) is 0 Å². The third-order valence-corrected chi connectivity index (χ3v) is 9.88. The number of aromatic hydroxyl groups is 1. The predicted octanol–water partition coefficient (Wildman–Crippen LogP) is 12.2. The number of nitrogens with zero attached hydrogens (tertiary/aromatic N) is 3. The number of para-hydroxylation sites is 4. The zero-order valence-electron chi connectivity index (χ0n) is 28.8. The Bertz CT molecular complexity index is 2950. The Kier molecular flexibility index (Phi) is 8.49. The second-order valence-corrected chi connectivity index (χ2v) is 13.1. The molecule has 0 radical (unpaired) electrons. The Morgan fingerprint density at radius 2 is 1.24 bits per heavy atom. The van der Waals surface area contributed by atoms with Crippen molar-refractivity contribution in [3.05, 3.63) is 182 Å². The summed E-state index contributed by atoms with van der Waals surface area (Å²) in [6.07, 6.45) is 1.86. The molecule has 0 aliphatic rings. The summed E-state index contributed by atoms with van der Waals surface area (Å²) in [4.78, 5) is 10.1. The van der Waals surface area contributed by atoms with Crippen molar-refractivity contribution in [2.75, 3.05) is 0 Å². The van der Waals surface area contributed by atoms with E-state index in [4.69, 9.17) is 14.4 Å². The third-order valence-electron chi connectivity index (χ3n) is 9.88. The molecule has 10 aromatic rings. The molecule has 7 aromatic carbocycles. The van der Waals surface area contributed by atoms with Crippen LogP contribution < -0.4 is 0 Å². The maximum absolute atomic E-state index is 11.0. The van der Waals surface area contributed by atoms with Gasteiger partial charge in [-0.15, -0.1) is 12.1 Å². The molecule has 0 fully saturated rings. The number of rotatable bonds is 6. The van der Waals surface area contributed by atoms with Gasteiger partial charge in [0.2, 0.25) is 0 Å². The summed E-state index contributed by atoms with van der Waals surface area (Å²) in [7, 11) is 0. The average Bonchev–Trinajstić information content (AvgIpc) is 3.81. The van der Waals surface area contributed by atoms with Crippen molar-refractivity contribution in [1.29, 1.82) is 0 Å². The van der Waals surface area contributed by atoms with Crippen LogP contribution in [-0.2, 0) is 21.1 Å². The second kappa shape index (κ2) is 13.8.